The molecule has 208 valence electrons. The molecule has 5 unspecified atom stereocenters. The molecule has 7 nitrogen and oxygen atoms in total. The van der Waals surface area contributed by atoms with Gasteiger partial charge in [-0.25, -0.2) is 9.06 Å². The zero-order valence-electron chi connectivity index (χ0n) is 23.6. The minimum absolute atomic E-state index is 0.0974. The van der Waals surface area contributed by atoms with Gasteiger partial charge in [0.15, 0.2) is 18.2 Å². The summed E-state index contributed by atoms with van der Waals surface area (Å²) in [7, 11) is 2.17. The van der Waals surface area contributed by atoms with Gasteiger partial charge in [-0.15, -0.1) is 0 Å². The Morgan fingerprint density at radius 2 is 1.94 bits per heavy atom. The van der Waals surface area contributed by atoms with Crippen LogP contribution in [0, 0.1) is 0 Å². The molecular weight excluding hydrogens is 522 g/mol. The van der Waals surface area contributed by atoms with Crippen molar-refractivity contribution in [2.45, 2.75) is 122 Å². The highest BCUT2D eigenvalue weighted by molar-refractivity contribution is 8.77. The van der Waals surface area contributed by atoms with Crippen molar-refractivity contribution in [1.29, 1.82) is 0 Å². The number of halogens is 1. The predicted octanol–water partition coefficient (Wildman–Crippen LogP) is 6.48. The van der Waals surface area contributed by atoms with Crippen LogP contribution in [0.3, 0.4) is 0 Å². The lowest BCUT2D eigenvalue weighted by molar-refractivity contribution is -0.145. The van der Waals surface area contributed by atoms with Crippen molar-refractivity contribution in [3.05, 3.63) is 12.3 Å². The molecule has 11 heteroatoms. The van der Waals surface area contributed by atoms with Crippen LogP contribution in [-0.2, 0) is 23.4 Å². The van der Waals surface area contributed by atoms with Gasteiger partial charge in [0, 0.05) is 30.2 Å². The van der Waals surface area contributed by atoms with Gasteiger partial charge in [0.25, 0.3) is 8.53 Å². The summed E-state index contributed by atoms with van der Waals surface area (Å²) in [5, 5.41) is 0. The van der Waals surface area contributed by atoms with E-state index < -0.39 is 39.0 Å². The first-order valence-electron chi connectivity index (χ1n) is 13.4. The van der Waals surface area contributed by atoms with Gasteiger partial charge in [-0.05, 0) is 53.5 Å². The first-order chi connectivity index (χ1) is 17.4. The van der Waals surface area contributed by atoms with Crippen LogP contribution in [0.1, 0.15) is 82.4 Å². The van der Waals surface area contributed by atoms with E-state index in [0.29, 0.717) is 6.61 Å². The van der Waals surface area contributed by atoms with Crippen LogP contribution in [0.25, 0.3) is 0 Å². The van der Waals surface area contributed by atoms with Gasteiger partial charge in [0.2, 0.25) is 5.91 Å². The normalized spacial score (nSPS) is 26.5. The molecule has 0 saturated carbocycles. The Labute approximate surface area is 227 Å². The number of ketones is 1. The van der Waals surface area contributed by atoms with Gasteiger partial charge in [0.05, 0.1) is 19.1 Å². The van der Waals surface area contributed by atoms with E-state index in [9.17, 15) is 9.59 Å². The number of hydrogen-bond donors (Lipinski definition) is 0. The molecule has 5 atom stereocenters. The summed E-state index contributed by atoms with van der Waals surface area (Å²) in [4.78, 5) is 25.0. The topological polar surface area (TPSA) is 68.3 Å². The molecule has 0 aromatic heterocycles. The second-order valence-electron chi connectivity index (χ2n) is 10.6. The molecular formula is C25H44FN2O5PS2. The van der Waals surface area contributed by atoms with Crippen molar-refractivity contribution in [3.8, 4) is 0 Å². The van der Waals surface area contributed by atoms with Crippen LogP contribution in [-0.4, -0.2) is 75.1 Å². The second kappa shape index (κ2) is 14.8. The third-order valence-electron chi connectivity index (χ3n) is 5.42. The summed E-state index contributed by atoms with van der Waals surface area (Å²) in [5.74, 6) is 0.239. The van der Waals surface area contributed by atoms with E-state index in [1.165, 1.54) is 12.3 Å². The minimum Gasteiger partial charge on any atom is -0.349 e. The maximum absolute atomic E-state index is 15.7. The number of alkyl halides is 1. The minimum atomic E-state index is -1.68. The fraction of sp³-hybridized carbons (Fsp3) is 0.840. The highest BCUT2D eigenvalue weighted by atomic mass is 33.1. The molecule has 0 aliphatic carbocycles. The summed E-state index contributed by atoms with van der Waals surface area (Å²) in [6, 6.07) is 0.195. The summed E-state index contributed by atoms with van der Waals surface area (Å²) >= 11 is 0. The Morgan fingerprint density at radius 3 is 2.53 bits per heavy atom. The number of nitrogens with zero attached hydrogens (tertiary/aromatic N) is 2. The van der Waals surface area contributed by atoms with E-state index >= 15 is 4.39 Å². The van der Waals surface area contributed by atoms with Crippen LogP contribution in [0.5, 0.6) is 0 Å². The molecule has 0 bridgehead atoms. The number of amides is 1. The quantitative estimate of drug-likeness (QED) is 0.102. The van der Waals surface area contributed by atoms with Crippen molar-refractivity contribution in [2.75, 3.05) is 12.4 Å². The van der Waals surface area contributed by atoms with Gasteiger partial charge in [-0.3, -0.25) is 14.5 Å². The largest absolute Gasteiger partial charge is 0.349 e. The third kappa shape index (κ3) is 9.83. The monoisotopic (exact) mass is 567 g/mol. The van der Waals surface area contributed by atoms with Gasteiger partial charge in [0.1, 0.15) is 6.10 Å². The van der Waals surface area contributed by atoms with Crippen molar-refractivity contribution in [1.82, 2.24) is 9.57 Å². The molecule has 1 amide bonds. The van der Waals surface area contributed by atoms with E-state index in [-0.39, 0.29) is 35.9 Å². The predicted molar refractivity (Wildman–Crippen MR) is 148 cm³/mol. The standard InChI is InChI=1S/C25H44FN2O5PS2/c1-17(2)28(18(3)4)34(31-14-10-9-11-15-35-36-25(6,7)8)33-23-19(5)32-24(22(23)26)27-13-12-20(29)16-21(27)30/h12-13,17-19,22-24H,9-11,14-16H2,1-8H3/i5D. The van der Waals surface area contributed by atoms with E-state index in [2.05, 4.69) is 25.4 Å². The van der Waals surface area contributed by atoms with Crippen LogP contribution < -0.4 is 0 Å². The maximum atomic E-state index is 15.7. The lowest BCUT2D eigenvalue weighted by Gasteiger charge is -2.37. The van der Waals surface area contributed by atoms with Crippen LogP contribution >= 0.6 is 30.1 Å². The molecule has 0 spiro atoms. The van der Waals surface area contributed by atoms with Gasteiger partial charge < -0.3 is 13.8 Å². The van der Waals surface area contributed by atoms with E-state index in [1.54, 1.807) is 0 Å². The first-order valence-corrected chi connectivity index (χ1v) is 16.1. The van der Waals surface area contributed by atoms with Gasteiger partial charge in [-0.1, -0.05) is 48.8 Å². The van der Waals surface area contributed by atoms with Crippen LogP contribution in [0.2, 0.25) is 0 Å². The fourth-order valence-corrected chi connectivity index (χ4v) is 8.07. The average Bonchev–Trinajstić information content (AvgIpc) is 3.09. The first kappa shape index (κ1) is 30.3. The summed E-state index contributed by atoms with van der Waals surface area (Å²) in [6.07, 6.45) is 0.369. The molecule has 0 aromatic carbocycles. The number of unbranched alkanes of at least 4 members (excludes halogenated alkanes) is 2. The van der Waals surface area contributed by atoms with Crippen LogP contribution in [0.4, 0.5) is 4.39 Å². The number of allylic oxidation sites excluding steroid dienone is 1. The van der Waals surface area contributed by atoms with E-state index in [4.69, 9.17) is 15.2 Å². The SMILES string of the molecule is [2H]CC1OC(N2C=CC(=O)CC2=O)C(F)C1OP(OCCCCCSSC(C)(C)C)N(C(C)C)C(C)C. The molecule has 36 heavy (non-hydrogen) atoms. The van der Waals surface area contributed by atoms with Gasteiger partial charge >= 0.3 is 0 Å². The number of rotatable bonds is 14. The number of carbonyl (C=O) groups is 2. The van der Waals surface area contributed by atoms with Gasteiger partial charge in [-0.2, -0.15) is 0 Å². The molecule has 0 radical (unpaired) electrons. The molecule has 2 aliphatic rings. The summed E-state index contributed by atoms with van der Waals surface area (Å²) < 4.78 is 44.3. The molecule has 0 N–H and O–H groups in total. The van der Waals surface area contributed by atoms with Crippen LogP contribution in [0.15, 0.2) is 12.3 Å². The molecule has 0 aromatic rings. The number of carbonyl (C=O) groups excluding carboxylic acids is 2. The highest BCUT2D eigenvalue weighted by Crippen LogP contribution is 2.50. The maximum Gasteiger partial charge on any atom is 0.259 e. The van der Waals surface area contributed by atoms with E-state index in [1.807, 2.05) is 49.3 Å². The molecule has 1 saturated heterocycles. The average molecular weight is 568 g/mol. The lowest BCUT2D eigenvalue weighted by atomic mass is 10.1. The van der Waals surface area contributed by atoms with Crippen molar-refractivity contribution in [3.63, 3.8) is 0 Å². The Morgan fingerprint density at radius 1 is 1.25 bits per heavy atom. The fourth-order valence-electron chi connectivity index (χ4n) is 3.85. The Bertz CT molecular complexity index is 766. The summed E-state index contributed by atoms with van der Waals surface area (Å²) in [5.41, 5.74) is 0. The van der Waals surface area contributed by atoms with Crippen molar-refractivity contribution >= 4 is 41.8 Å². The smallest absolute Gasteiger partial charge is 0.259 e. The van der Waals surface area contributed by atoms with E-state index in [0.717, 1.165) is 29.9 Å². The number of ether oxygens (including phenoxy) is 1. The Hall–Kier alpha value is -0.220. The molecule has 2 aliphatic heterocycles. The lowest BCUT2D eigenvalue weighted by Crippen LogP contribution is -2.45. The number of hydrogen-bond acceptors (Lipinski definition) is 8. The molecule has 1 fully saturated rings. The Kier molecular flexibility index (Phi) is 12.5. The summed E-state index contributed by atoms with van der Waals surface area (Å²) in [6.45, 7) is 15.1. The molecule has 2 rings (SSSR count). The third-order valence-corrected chi connectivity index (χ3v) is 11.0. The molecule has 2 heterocycles. The van der Waals surface area contributed by atoms with Crippen molar-refractivity contribution < 1.29 is 29.1 Å². The zero-order chi connectivity index (χ0) is 27.8. The Balaban J connectivity index is 2.01. The second-order valence-corrected chi connectivity index (χ2v) is 15.2. The zero-order valence-corrected chi connectivity index (χ0v) is 25.2. The highest BCUT2D eigenvalue weighted by Gasteiger charge is 2.50. The van der Waals surface area contributed by atoms with Crippen molar-refractivity contribution in [2.24, 2.45) is 0 Å².